The normalized spacial score (nSPS) is 10.6. The maximum atomic E-state index is 12.3. The van der Waals surface area contributed by atoms with Crippen LogP contribution in [0.15, 0.2) is 65.8 Å². The molecule has 0 saturated heterocycles. The summed E-state index contributed by atoms with van der Waals surface area (Å²) in [4.78, 5) is 36.4. The highest BCUT2D eigenvalue weighted by Gasteiger charge is 2.13. The first-order chi connectivity index (χ1) is 16.7. The quantitative estimate of drug-likeness (QED) is 0.274. The van der Waals surface area contributed by atoms with Crippen molar-refractivity contribution in [3.05, 3.63) is 88.5 Å². The lowest BCUT2D eigenvalue weighted by Crippen LogP contribution is -2.32. The second-order valence-electron chi connectivity index (χ2n) is 8.13. The lowest BCUT2D eigenvalue weighted by molar-refractivity contribution is -0.136. The topological polar surface area (TPSA) is 109 Å². The van der Waals surface area contributed by atoms with Crippen LogP contribution in [0, 0.1) is 27.7 Å². The summed E-state index contributed by atoms with van der Waals surface area (Å²) in [6.07, 6.45) is 1.38. The van der Waals surface area contributed by atoms with E-state index in [-0.39, 0.29) is 12.5 Å². The second-order valence-corrected chi connectivity index (χ2v) is 8.13. The molecule has 0 fully saturated rings. The van der Waals surface area contributed by atoms with Gasteiger partial charge in [-0.15, -0.1) is 0 Å². The van der Waals surface area contributed by atoms with E-state index in [4.69, 9.17) is 4.74 Å². The van der Waals surface area contributed by atoms with Crippen LogP contribution in [-0.4, -0.2) is 30.5 Å². The highest BCUT2D eigenvalue weighted by molar-refractivity contribution is 6.39. The van der Waals surface area contributed by atoms with Gasteiger partial charge in [-0.05, 0) is 79.8 Å². The molecular weight excluding hydrogens is 444 g/mol. The minimum Gasteiger partial charge on any atom is -0.484 e. The van der Waals surface area contributed by atoms with Crippen molar-refractivity contribution in [1.82, 2.24) is 5.43 Å². The molecule has 8 nitrogen and oxygen atoms in total. The summed E-state index contributed by atoms with van der Waals surface area (Å²) in [5.74, 6) is -1.53. The molecule has 0 aromatic heterocycles. The van der Waals surface area contributed by atoms with Gasteiger partial charge in [-0.3, -0.25) is 14.4 Å². The van der Waals surface area contributed by atoms with Crippen LogP contribution < -0.4 is 20.8 Å². The van der Waals surface area contributed by atoms with E-state index in [1.165, 1.54) is 6.21 Å². The van der Waals surface area contributed by atoms with Crippen LogP contribution in [0.3, 0.4) is 0 Å². The summed E-state index contributed by atoms with van der Waals surface area (Å²) >= 11 is 0. The molecule has 0 spiro atoms. The van der Waals surface area contributed by atoms with Crippen molar-refractivity contribution < 1.29 is 19.1 Å². The lowest BCUT2D eigenvalue weighted by atomic mass is 10.1. The number of aryl methyl sites for hydroxylation is 4. The number of rotatable bonds is 7. The molecule has 180 valence electrons. The first kappa shape index (κ1) is 25.2. The van der Waals surface area contributed by atoms with Gasteiger partial charge in [-0.25, -0.2) is 5.43 Å². The number of anilines is 2. The van der Waals surface area contributed by atoms with Gasteiger partial charge in [0.2, 0.25) is 0 Å². The van der Waals surface area contributed by atoms with E-state index in [0.29, 0.717) is 17.0 Å². The van der Waals surface area contributed by atoms with Gasteiger partial charge in [0.15, 0.2) is 6.61 Å². The largest absolute Gasteiger partial charge is 0.484 e. The lowest BCUT2D eigenvalue weighted by Gasteiger charge is -2.12. The number of nitrogens with one attached hydrogen (secondary N) is 3. The Kier molecular flexibility index (Phi) is 8.34. The maximum absolute atomic E-state index is 12.3. The molecule has 3 N–H and O–H groups in total. The molecule has 0 bridgehead atoms. The number of nitrogens with zero attached hydrogens (tertiary/aromatic N) is 1. The summed E-state index contributed by atoms with van der Waals surface area (Å²) in [7, 11) is 0. The summed E-state index contributed by atoms with van der Waals surface area (Å²) in [6, 6.07) is 18.0. The molecule has 3 aromatic carbocycles. The van der Waals surface area contributed by atoms with E-state index >= 15 is 0 Å². The maximum Gasteiger partial charge on any atom is 0.329 e. The molecule has 0 aliphatic heterocycles. The van der Waals surface area contributed by atoms with Crippen LogP contribution in [0.5, 0.6) is 5.75 Å². The third-order valence-corrected chi connectivity index (χ3v) is 5.32. The highest BCUT2D eigenvalue weighted by atomic mass is 16.5. The molecule has 35 heavy (non-hydrogen) atoms. The number of para-hydroxylation sites is 1. The summed E-state index contributed by atoms with van der Waals surface area (Å²) in [5, 5.41) is 9.23. The molecule has 0 aliphatic rings. The fraction of sp³-hybridized carbons (Fsp3) is 0.185. The minimum absolute atomic E-state index is 0.163. The smallest absolute Gasteiger partial charge is 0.329 e. The van der Waals surface area contributed by atoms with Gasteiger partial charge in [0, 0.05) is 11.4 Å². The third-order valence-electron chi connectivity index (χ3n) is 5.32. The molecule has 0 aliphatic carbocycles. The zero-order valence-electron chi connectivity index (χ0n) is 20.1. The van der Waals surface area contributed by atoms with Crippen LogP contribution in [0.4, 0.5) is 11.4 Å². The Bertz CT molecular complexity index is 1260. The Balaban J connectivity index is 1.50. The molecule has 8 heteroatoms. The van der Waals surface area contributed by atoms with E-state index in [9.17, 15) is 14.4 Å². The number of carbonyl (C=O) groups is 3. The van der Waals surface area contributed by atoms with Gasteiger partial charge in [0.1, 0.15) is 5.75 Å². The Morgan fingerprint density at radius 3 is 2.23 bits per heavy atom. The molecule has 3 rings (SSSR count). The Morgan fingerprint density at radius 1 is 0.800 bits per heavy atom. The van der Waals surface area contributed by atoms with Crippen molar-refractivity contribution in [3.8, 4) is 5.75 Å². The van der Waals surface area contributed by atoms with Gasteiger partial charge in [-0.1, -0.05) is 36.4 Å². The first-order valence-electron chi connectivity index (χ1n) is 11.0. The zero-order chi connectivity index (χ0) is 25.4. The zero-order valence-corrected chi connectivity index (χ0v) is 20.1. The fourth-order valence-electron chi connectivity index (χ4n) is 3.24. The fourth-order valence-corrected chi connectivity index (χ4v) is 3.24. The average Bonchev–Trinajstić information content (AvgIpc) is 2.83. The van der Waals surface area contributed by atoms with Crippen molar-refractivity contribution >= 4 is 35.3 Å². The van der Waals surface area contributed by atoms with Gasteiger partial charge >= 0.3 is 11.8 Å². The van der Waals surface area contributed by atoms with Gasteiger partial charge in [0.05, 0.1) is 6.21 Å². The van der Waals surface area contributed by atoms with Crippen molar-refractivity contribution in [2.45, 2.75) is 27.7 Å². The molecule has 0 saturated carbocycles. The molecule has 0 unspecified atom stereocenters. The van der Waals surface area contributed by atoms with Gasteiger partial charge in [-0.2, -0.15) is 5.10 Å². The van der Waals surface area contributed by atoms with Crippen molar-refractivity contribution in [1.29, 1.82) is 0 Å². The standard InChI is InChI=1S/C27H28N4O4/c1-17-11-12-22(13-20(17)4)29-26(33)27(34)31-28-15-21-9-6-10-23(14-21)35-16-24(32)30-25-18(2)7-5-8-19(25)3/h5-15H,16H2,1-4H3,(H,29,33)(H,30,32)(H,31,34)/b28-15-. The van der Waals surface area contributed by atoms with Crippen LogP contribution in [0.1, 0.15) is 27.8 Å². The Labute approximate surface area is 204 Å². The molecule has 0 heterocycles. The molecule has 3 amide bonds. The van der Waals surface area contributed by atoms with Crippen LogP contribution in [0.2, 0.25) is 0 Å². The minimum atomic E-state index is -0.893. The monoisotopic (exact) mass is 472 g/mol. The number of hydrogen-bond acceptors (Lipinski definition) is 5. The third kappa shape index (κ3) is 7.26. The number of amides is 3. The number of ether oxygens (including phenoxy) is 1. The van der Waals surface area contributed by atoms with E-state index < -0.39 is 11.8 Å². The number of hydrogen-bond donors (Lipinski definition) is 3. The molecular formula is C27H28N4O4. The summed E-state index contributed by atoms with van der Waals surface area (Å²) in [6.45, 7) is 7.58. The Hall–Kier alpha value is -4.46. The number of benzene rings is 3. The second kappa shape index (κ2) is 11.6. The average molecular weight is 473 g/mol. The van der Waals surface area contributed by atoms with Gasteiger partial charge in [0.25, 0.3) is 5.91 Å². The van der Waals surface area contributed by atoms with E-state index in [0.717, 1.165) is 27.9 Å². The SMILES string of the molecule is Cc1ccc(NC(=O)C(=O)N/N=C\c2cccc(OCC(=O)Nc3c(C)cccc3C)c2)cc1C. The van der Waals surface area contributed by atoms with Crippen molar-refractivity contribution in [2.24, 2.45) is 5.10 Å². The highest BCUT2D eigenvalue weighted by Crippen LogP contribution is 2.19. The van der Waals surface area contributed by atoms with Crippen LogP contribution in [0.25, 0.3) is 0 Å². The first-order valence-corrected chi connectivity index (χ1v) is 11.0. The van der Waals surface area contributed by atoms with E-state index in [2.05, 4.69) is 21.2 Å². The Morgan fingerprint density at radius 2 is 1.51 bits per heavy atom. The predicted octanol–water partition coefficient (Wildman–Crippen LogP) is 4.03. The molecule has 0 atom stereocenters. The molecule has 3 aromatic rings. The van der Waals surface area contributed by atoms with Crippen LogP contribution in [-0.2, 0) is 14.4 Å². The van der Waals surface area contributed by atoms with Gasteiger partial charge < -0.3 is 15.4 Å². The number of carbonyl (C=O) groups excluding carboxylic acids is 3. The molecule has 0 radical (unpaired) electrons. The predicted molar refractivity (Wildman–Crippen MR) is 137 cm³/mol. The summed E-state index contributed by atoms with van der Waals surface area (Å²) < 4.78 is 5.59. The van der Waals surface area contributed by atoms with Crippen molar-refractivity contribution in [2.75, 3.05) is 17.2 Å². The number of hydrazone groups is 1. The van der Waals surface area contributed by atoms with Crippen LogP contribution >= 0.6 is 0 Å². The van der Waals surface area contributed by atoms with E-state index in [1.807, 2.05) is 52.0 Å². The summed E-state index contributed by atoms with van der Waals surface area (Å²) in [5.41, 5.74) is 8.17. The van der Waals surface area contributed by atoms with Crippen molar-refractivity contribution in [3.63, 3.8) is 0 Å². The van der Waals surface area contributed by atoms with E-state index in [1.54, 1.807) is 36.4 Å².